The Labute approximate surface area is 116 Å². The average Bonchev–Trinajstić information content (AvgIpc) is 2.91. The molecule has 0 spiro atoms. The number of carbonyl (C=O) groups is 1. The molecule has 0 saturated carbocycles. The average molecular weight is 288 g/mol. The Morgan fingerprint density at radius 1 is 1.35 bits per heavy atom. The van der Waals surface area contributed by atoms with Crippen LogP contribution in [0.4, 0.5) is 0 Å². The molecule has 0 unspecified atom stereocenters. The molecule has 1 aromatic carbocycles. The Hall–Kier alpha value is -2.61. The van der Waals surface area contributed by atoms with Gasteiger partial charge in [0.1, 0.15) is 5.52 Å². The van der Waals surface area contributed by atoms with Crippen LogP contribution in [-0.4, -0.2) is 31.1 Å². The highest BCUT2D eigenvalue weighted by Gasteiger charge is 2.11. The third kappa shape index (κ3) is 2.16. The molecular weight excluding hydrogens is 280 g/mol. The molecule has 2 aromatic heterocycles. The zero-order valence-corrected chi connectivity index (χ0v) is 10.9. The van der Waals surface area contributed by atoms with Crippen molar-refractivity contribution in [3.05, 3.63) is 50.7 Å². The van der Waals surface area contributed by atoms with Crippen LogP contribution in [-0.2, 0) is 6.54 Å². The third-order valence-corrected chi connectivity index (χ3v) is 3.55. The highest BCUT2D eigenvalue weighted by Crippen LogP contribution is 2.10. The predicted octanol–water partition coefficient (Wildman–Crippen LogP) is 0.994. The van der Waals surface area contributed by atoms with Gasteiger partial charge in [0.05, 0.1) is 17.6 Å². The number of hydrogen-bond donors (Lipinski definition) is 1. The molecule has 0 aliphatic rings. The number of thiazole rings is 1. The van der Waals surface area contributed by atoms with Crippen molar-refractivity contribution in [1.29, 1.82) is 0 Å². The molecule has 0 amide bonds. The molecule has 0 radical (unpaired) electrons. The van der Waals surface area contributed by atoms with Crippen LogP contribution in [0.25, 0.3) is 10.9 Å². The van der Waals surface area contributed by atoms with E-state index in [2.05, 4.69) is 15.3 Å². The summed E-state index contributed by atoms with van der Waals surface area (Å²) in [6, 6.07) is 6.91. The smallest absolute Gasteiger partial charge is 0.365 e. The summed E-state index contributed by atoms with van der Waals surface area (Å²) in [5.41, 5.74) is 0.720. The second-order valence-corrected chi connectivity index (χ2v) is 4.88. The molecule has 0 saturated heterocycles. The van der Waals surface area contributed by atoms with Gasteiger partial charge in [-0.2, -0.15) is 0 Å². The van der Waals surface area contributed by atoms with E-state index in [0.29, 0.717) is 16.6 Å². The summed E-state index contributed by atoms with van der Waals surface area (Å²) in [6.07, 6.45) is 0. The number of carboxylic acids is 1. The molecule has 20 heavy (non-hydrogen) atoms. The van der Waals surface area contributed by atoms with Gasteiger partial charge in [0.15, 0.2) is 0 Å². The van der Waals surface area contributed by atoms with Crippen molar-refractivity contribution in [3.8, 4) is 0 Å². The fourth-order valence-corrected chi connectivity index (χ4v) is 2.40. The molecule has 0 aliphatic heterocycles. The summed E-state index contributed by atoms with van der Waals surface area (Å²) in [6.45, 7) is 0.0977. The summed E-state index contributed by atoms with van der Waals surface area (Å²) in [5, 5.41) is 18.6. The minimum absolute atomic E-state index is 0.0122. The summed E-state index contributed by atoms with van der Waals surface area (Å²) in [5.74, 6) is -1.09. The molecule has 3 rings (SSSR count). The minimum Gasteiger partial charge on any atom is -0.476 e. The number of fused-ring (bicyclic) bond motifs is 1. The topological polar surface area (TPSA) is 98.0 Å². The Morgan fingerprint density at radius 3 is 2.90 bits per heavy atom. The van der Waals surface area contributed by atoms with Gasteiger partial charge >= 0.3 is 5.97 Å². The van der Waals surface area contributed by atoms with Crippen molar-refractivity contribution < 1.29 is 9.90 Å². The van der Waals surface area contributed by atoms with Gasteiger partial charge in [0.25, 0.3) is 5.56 Å². The zero-order chi connectivity index (χ0) is 14.1. The lowest BCUT2D eigenvalue weighted by Gasteiger charge is -2.02. The molecule has 0 aliphatic carbocycles. The van der Waals surface area contributed by atoms with Crippen LogP contribution in [0.5, 0.6) is 0 Å². The normalized spacial score (nSPS) is 10.8. The predicted molar refractivity (Wildman–Crippen MR) is 72.0 cm³/mol. The lowest BCUT2D eigenvalue weighted by molar-refractivity contribution is 0.0696. The molecule has 0 atom stereocenters. The largest absolute Gasteiger partial charge is 0.476 e. The maximum Gasteiger partial charge on any atom is 0.365 e. The summed E-state index contributed by atoms with van der Waals surface area (Å²) >= 11 is 1.01. The first-order valence-electron chi connectivity index (χ1n) is 5.65. The first kappa shape index (κ1) is 12.4. The molecule has 0 fully saturated rings. The first-order valence-corrected chi connectivity index (χ1v) is 6.53. The number of hydrogen-bond acceptors (Lipinski definition) is 6. The van der Waals surface area contributed by atoms with Crippen LogP contribution in [0.3, 0.4) is 0 Å². The second-order valence-electron chi connectivity index (χ2n) is 4.02. The van der Waals surface area contributed by atoms with Crippen molar-refractivity contribution in [2.75, 3.05) is 0 Å². The Kier molecular flexibility index (Phi) is 2.99. The molecule has 0 bridgehead atoms. The second kappa shape index (κ2) is 4.82. The van der Waals surface area contributed by atoms with E-state index in [4.69, 9.17) is 5.11 Å². The van der Waals surface area contributed by atoms with Gasteiger partial charge in [-0.05, 0) is 12.1 Å². The lowest BCUT2D eigenvalue weighted by Crippen LogP contribution is -2.24. The number of benzene rings is 1. The molecule has 7 nitrogen and oxygen atoms in total. The summed E-state index contributed by atoms with van der Waals surface area (Å²) < 4.78 is 1.17. The number of rotatable bonds is 3. The van der Waals surface area contributed by atoms with Crippen molar-refractivity contribution in [2.45, 2.75) is 6.54 Å². The van der Waals surface area contributed by atoms with Crippen molar-refractivity contribution in [3.63, 3.8) is 0 Å². The Morgan fingerprint density at radius 2 is 2.15 bits per heavy atom. The molecule has 100 valence electrons. The fraction of sp³-hybridized carbons (Fsp3) is 0.0833. The zero-order valence-electron chi connectivity index (χ0n) is 10.1. The van der Waals surface area contributed by atoms with Gasteiger partial charge in [-0.15, -0.1) is 16.4 Å². The van der Waals surface area contributed by atoms with Crippen LogP contribution >= 0.6 is 11.3 Å². The molecular formula is C12H8N4O3S. The summed E-state index contributed by atoms with van der Waals surface area (Å²) in [4.78, 5) is 26.9. The van der Waals surface area contributed by atoms with Gasteiger partial charge in [-0.1, -0.05) is 17.3 Å². The van der Waals surface area contributed by atoms with E-state index in [1.165, 1.54) is 4.68 Å². The monoisotopic (exact) mass is 288 g/mol. The van der Waals surface area contributed by atoms with E-state index in [1.807, 2.05) is 0 Å². The van der Waals surface area contributed by atoms with Gasteiger partial charge < -0.3 is 5.11 Å². The molecule has 1 N–H and O–H groups in total. The van der Waals surface area contributed by atoms with Crippen molar-refractivity contribution in [1.82, 2.24) is 20.0 Å². The number of aromatic carboxylic acids is 1. The van der Waals surface area contributed by atoms with Gasteiger partial charge in [-0.3, -0.25) is 4.79 Å². The van der Waals surface area contributed by atoms with E-state index in [0.717, 1.165) is 11.3 Å². The molecule has 3 aromatic rings. The standard InChI is InChI=1S/C12H8N4O3S/c17-11-8-3-1-2-4-9(8)14-15-16(11)5-7-6-20-10(13-7)12(18)19/h1-4,6H,5H2,(H,18,19). The SMILES string of the molecule is O=C(O)c1nc(Cn2nnc3ccccc3c2=O)cs1. The lowest BCUT2D eigenvalue weighted by atomic mass is 10.2. The van der Waals surface area contributed by atoms with E-state index < -0.39 is 5.97 Å². The van der Waals surface area contributed by atoms with Crippen molar-refractivity contribution >= 4 is 28.2 Å². The molecule has 8 heteroatoms. The van der Waals surface area contributed by atoms with E-state index >= 15 is 0 Å². The van der Waals surface area contributed by atoms with Gasteiger partial charge in [0.2, 0.25) is 5.01 Å². The maximum atomic E-state index is 12.2. The highest BCUT2D eigenvalue weighted by molar-refractivity contribution is 7.11. The van der Waals surface area contributed by atoms with Gasteiger partial charge in [0, 0.05) is 5.38 Å². The number of carboxylic acid groups (broad SMARTS) is 1. The van der Waals surface area contributed by atoms with Crippen LogP contribution in [0.2, 0.25) is 0 Å². The first-order chi connectivity index (χ1) is 9.65. The van der Waals surface area contributed by atoms with E-state index in [-0.39, 0.29) is 17.1 Å². The highest BCUT2D eigenvalue weighted by atomic mass is 32.1. The summed E-state index contributed by atoms with van der Waals surface area (Å²) in [7, 11) is 0. The Balaban J connectivity index is 2.00. The van der Waals surface area contributed by atoms with Crippen LogP contribution in [0.1, 0.15) is 15.5 Å². The van der Waals surface area contributed by atoms with Crippen LogP contribution < -0.4 is 5.56 Å². The van der Waals surface area contributed by atoms with Crippen LogP contribution in [0.15, 0.2) is 34.4 Å². The van der Waals surface area contributed by atoms with Crippen LogP contribution in [0, 0.1) is 0 Å². The number of aromatic nitrogens is 4. The fourth-order valence-electron chi connectivity index (χ4n) is 1.76. The third-order valence-electron chi connectivity index (χ3n) is 2.68. The quantitative estimate of drug-likeness (QED) is 0.772. The van der Waals surface area contributed by atoms with Gasteiger partial charge in [-0.25, -0.2) is 14.5 Å². The van der Waals surface area contributed by atoms with E-state index in [1.54, 1.807) is 29.6 Å². The maximum absolute atomic E-state index is 12.2. The minimum atomic E-state index is -1.09. The Bertz CT molecular complexity index is 855. The molecule has 2 heterocycles. The van der Waals surface area contributed by atoms with E-state index in [9.17, 15) is 9.59 Å². The van der Waals surface area contributed by atoms with Crippen molar-refractivity contribution in [2.24, 2.45) is 0 Å². The number of nitrogens with zero attached hydrogens (tertiary/aromatic N) is 4.